The van der Waals surface area contributed by atoms with Gasteiger partial charge in [-0.3, -0.25) is 9.59 Å². The zero-order valence-electron chi connectivity index (χ0n) is 12.2. The SMILES string of the molecule is COc1cc(OC)c(C(=O)c2ccc(C)cc2)cc1C=O. The molecule has 0 fully saturated rings. The van der Waals surface area contributed by atoms with Crippen molar-refractivity contribution in [1.82, 2.24) is 0 Å². The molecule has 0 saturated heterocycles. The largest absolute Gasteiger partial charge is 0.496 e. The van der Waals surface area contributed by atoms with Crippen molar-refractivity contribution in [3.63, 3.8) is 0 Å². The number of ether oxygens (including phenoxy) is 2. The Bertz CT molecular complexity index is 672. The van der Waals surface area contributed by atoms with Crippen LogP contribution in [-0.2, 0) is 0 Å². The molecule has 0 radical (unpaired) electrons. The van der Waals surface area contributed by atoms with Crippen molar-refractivity contribution in [3.8, 4) is 11.5 Å². The third-order valence-electron chi connectivity index (χ3n) is 3.24. The summed E-state index contributed by atoms with van der Waals surface area (Å²) in [5.41, 5.74) is 2.26. The molecule has 4 nitrogen and oxygen atoms in total. The summed E-state index contributed by atoms with van der Waals surface area (Å²) in [5.74, 6) is 0.558. The maximum Gasteiger partial charge on any atom is 0.196 e. The Morgan fingerprint density at radius 1 is 1.00 bits per heavy atom. The van der Waals surface area contributed by atoms with Gasteiger partial charge in [-0.1, -0.05) is 29.8 Å². The van der Waals surface area contributed by atoms with Gasteiger partial charge in [0.1, 0.15) is 11.5 Å². The zero-order valence-corrected chi connectivity index (χ0v) is 12.2. The van der Waals surface area contributed by atoms with Gasteiger partial charge in [0.2, 0.25) is 0 Å². The van der Waals surface area contributed by atoms with Crippen LogP contribution in [0.5, 0.6) is 11.5 Å². The van der Waals surface area contributed by atoms with E-state index >= 15 is 0 Å². The van der Waals surface area contributed by atoms with Crippen molar-refractivity contribution in [1.29, 1.82) is 0 Å². The molecule has 0 bridgehead atoms. The highest BCUT2D eigenvalue weighted by atomic mass is 16.5. The van der Waals surface area contributed by atoms with Crippen molar-refractivity contribution in [2.45, 2.75) is 6.92 Å². The molecule has 2 aromatic carbocycles. The molecule has 2 rings (SSSR count). The van der Waals surface area contributed by atoms with E-state index in [9.17, 15) is 9.59 Å². The first-order valence-electron chi connectivity index (χ1n) is 6.43. The summed E-state index contributed by atoms with van der Waals surface area (Å²) in [7, 11) is 2.94. The van der Waals surface area contributed by atoms with Gasteiger partial charge in [0.25, 0.3) is 0 Å². The van der Waals surface area contributed by atoms with Crippen molar-refractivity contribution in [3.05, 3.63) is 58.7 Å². The predicted octanol–water partition coefficient (Wildman–Crippen LogP) is 3.06. The van der Waals surface area contributed by atoms with Gasteiger partial charge in [-0.05, 0) is 13.0 Å². The average molecular weight is 284 g/mol. The Labute approximate surface area is 123 Å². The third-order valence-corrected chi connectivity index (χ3v) is 3.24. The standard InChI is InChI=1S/C17H16O4/c1-11-4-6-12(7-5-11)17(19)14-8-13(10-18)15(20-2)9-16(14)21-3/h4-10H,1-3H3. The van der Waals surface area contributed by atoms with E-state index in [0.29, 0.717) is 34.5 Å². The minimum absolute atomic E-state index is 0.197. The quantitative estimate of drug-likeness (QED) is 0.625. The highest BCUT2D eigenvalue weighted by Gasteiger charge is 2.18. The minimum Gasteiger partial charge on any atom is -0.496 e. The smallest absolute Gasteiger partial charge is 0.196 e. The van der Waals surface area contributed by atoms with Gasteiger partial charge in [0.15, 0.2) is 12.1 Å². The molecule has 0 aliphatic carbocycles. The average Bonchev–Trinajstić information content (AvgIpc) is 2.53. The van der Waals surface area contributed by atoms with Crippen LogP contribution in [0.3, 0.4) is 0 Å². The van der Waals surface area contributed by atoms with Gasteiger partial charge in [-0.25, -0.2) is 0 Å². The Balaban J connectivity index is 2.53. The van der Waals surface area contributed by atoms with E-state index in [-0.39, 0.29) is 5.78 Å². The van der Waals surface area contributed by atoms with E-state index in [4.69, 9.17) is 9.47 Å². The van der Waals surface area contributed by atoms with Crippen LogP contribution in [-0.4, -0.2) is 26.3 Å². The van der Waals surface area contributed by atoms with Crippen LogP contribution in [0.1, 0.15) is 31.8 Å². The zero-order chi connectivity index (χ0) is 15.4. The molecule has 0 N–H and O–H groups in total. The third kappa shape index (κ3) is 2.94. The Morgan fingerprint density at radius 2 is 1.62 bits per heavy atom. The molecule has 0 saturated carbocycles. The first-order valence-corrected chi connectivity index (χ1v) is 6.43. The normalized spacial score (nSPS) is 10.0. The second kappa shape index (κ2) is 6.22. The molecule has 0 heterocycles. The lowest BCUT2D eigenvalue weighted by molar-refractivity contribution is 0.103. The van der Waals surface area contributed by atoms with Gasteiger partial charge in [-0.2, -0.15) is 0 Å². The molecule has 0 amide bonds. The van der Waals surface area contributed by atoms with Crippen LogP contribution in [0.15, 0.2) is 36.4 Å². The number of hydrogen-bond donors (Lipinski definition) is 0. The van der Waals surface area contributed by atoms with Gasteiger partial charge in [0.05, 0.1) is 25.3 Å². The number of aryl methyl sites for hydroxylation is 1. The highest BCUT2D eigenvalue weighted by molar-refractivity contribution is 6.11. The lowest BCUT2D eigenvalue weighted by atomic mass is 9.99. The second-order valence-electron chi connectivity index (χ2n) is 4.61. The van der Waals surface area contributed by atoms with Gasteiger partial charge in [-0.15, -0.1) is 0 Å². The van der Waals surface area contributed by atoms with E-state index in [1.165, 1.54) is 20.3 Å². The number of aldehydes is 1. The number of ketones is 1. The molecule has 0 aliphatic rings. The van der Waals surface area contributed by atoms with Crippen LogP contribution >= 0.6 is 0 Å². The Hall–Kier alpha value is -2.62. The molecule has 2 aromatic rings. The van der Waals surface area contributed by atoms with E-state index in [1.807, 2.05) is 19.1 Å². The molecular weight excluding hydrogens is 268 g/mol. The van der Waals surface area contributed by atoms with Crippen molar-refractivity contribution >= 4 is 12.1 Å². The summed E-state index contributed by atoms with van der Waals surface area (Å²) < 4.78 is 10.3. The van der Waals surface area contributed by atoms with Gasteiger partial charge < -0.3 is 9.47 Å². The van der Waals surface area contributed by atoms with Gasteiger partial charge in [0, 0.05) is 11.6 Å². The molecule has 0 aromatic heterocycles. The maximum absolute atomic E-state index is 12.6. The van der Waals surface area contributed by atoms with Crippen molar-refractivity contribution in [2.75, 3.05) is 14.2 Å². The van der Waals surface area contributed by atoms with E-state index in [0.717, 1.165) is 5.56 Å². The fourth-order valence-corrected chi connectivity index (χ4v) is 2.05. The fourth-order valence-electron chi connectivity index (χ4n) is 2.05. The summed E-state index contributed by atoms with van der Waals surface area (Å²) in [4.78, 5) is 23.7. The molecule has 4 heteroatoms. The molecule has 0 atom stereocenters. The molecule has 0 aliphatic heterocycles. The van der Waals surface area contributed by atoms with E-state index in [2.05, 4.69) is 0 Å². The topological polar surface area (TPSA) is 52.6 Å². The maximum atomic E-state index is 12.6. The van der Waals surface area contributed by atoms with E-state index < -0.39 is 0 Å². The Morgan fingerprint density at radius 3 is 2.14 bits per heavy atom. The van der Waals surface area contributed by atoms with Crippen LogP contribution < -0.4 is 9.47 Å². The number of carbonyl (C=O) groups excluding carboxylic acids is 2. The van der Waals surface area contributed by atoms with Gasteiger partial charge >= 0.3 is 0 Å². The number of benzene rings is 2. The number of rotatable bonds is 5. The van der Waals surface area contributed by atoms with Crippen LogP contribution in [0.2, 0.25) is 0 Å². The molecule has 0 spiro atoms. The molecule has 108 valence electrons. The second-order valence-corrected chi connectivity index (χ2v) is 4.61. The number of carbonyl (C=O) groups is 2. The molecule has 0 unspecified atom stereocenters. The van der Waals surface area contributed by atoms with E-state index in [1.54, 1.807) is 18.2 Å². The summed E-state index contributed by atoms with van der Waals surface area (Å²) in [5, 5.41) is 0. The fraction of sp³-hybridized carbons (Fsp3) is 0.176. The lowest BCUT2D eigenvalue weighted by Gasteiger charge is -2.12. The molecular formula is C17H16O4. The van der Waals surface area contributed by atoms with Crippen LogP contribution in [0.4, 0.5) is 0 Å². The summed E-state index contributed by atoms with van der Waals surface area (Å²) >= 11 is 0. The van der Waals surface area contributed by atoms with Crippen LogP contribution in [0.25, 0.3) is 0 Å². The first-order chi connectivity index (χ1) is 10.1. The first kappa shape index (κ1) is 14.8. The Kier molecular flexibility index (Phi) is 4.38. The monoisotopic (exact) mass is 284 g/mol. The van der Waals surface area contributed by atoms with Crippen molar-refractivity contribution in [2.24, 2.45) is 0 Å². The lowest BCUT2D eigenvalue weighted by Crippen LogP contribution is -2.06. The molecule has 21 heavy (non-hydrogen) atoms. The summed E-state index contributed by atoms with van der Waals surface area (Å²) in [6, 6.07) is 10.3. The number of hydrogen-bond acceptors (Lipinski definition) is 4. The minimum atomic E-state index is -0.197. The predicted molar refractivity (Wildman–Crippen MR) is 79.5 cm³/mol. The van der Waals surface area contributed by atoms with Crippen molar-refractivity contribution < 1.29 is 19.1 Å². The number of methoxy groups -OCH3 is 2. The summed E-state index contributed by atoms with van der Waals surface area (Å²) in [6.07, 6.45) is 0.657. The summed E-state index contributed by atoms with van der Waals surface area (Å²) in [6.45, 7) is 1.95. The highest BCUT2D eigenvalue weighted by Crippen LogP contribution is 2.29. The van der Waals surface area contributed by atoms with Crippen LogP contribution in [0, 0.1) is 6.92 Å².